The fourth-order valence-corrected chi connectivity index (χ4v) is 1.18. The Bertz CT molecular complexity index is 222. The molecule has 0 amide bonds. The van der Waals surface area contributed by atoms with E-state index in [1.54, 1.807) is 0 Å². The van der Waals surface area contributed by atoms with Crippen molar-refractivity contribution in [3.63, 3.8) is 0 Å². The van der Waals surface area contributed by atoms with Crippen LogP contribution in [-0.2, 0) is 0 Å². The predicted octanol–water partition coefficient (Wildman–Crippen LogP) is 0.891. The van der Waals surface area contributed by atoms with E-state index in [4.69, 9.17) is 5.26 Å². The first kappa shape index (κ1) is 7.07. The molecular weight excluding hydrogens is 128 g/mol. The third-order valence-corrected chi connectivity index (χ3v) is 1.65. The topological polar surface area (TPSA) is 49.9 Å². The molecule has 10 heavy (non-hydrogen) atoms. The first-order chi connectivity index (χ1) is 4.55. The molecule has 1 aliphatic heterocycles. The molecule has 0 saturated carbocycles. The Morgan fingerprint density at radius 3 is 2.50 bits per heavy atom. The zero-order valence-corrected chi connectivity index (χ0v) is 6.22. The molecule has 1 aliphatic rings. The summed E-state index contributed by atoms with van der Waals surface area (Å²) in [6.07, 6.45) is 0.618. The summed E-state index contributed by atoms with van der Waals surface area (Å²) in [7, 11) is 0. The molecule has 54 valence electrons. The maximum Gasteiger partial charge on any atom is 0.265 e. The van der Waals surface area contributed by atoms with E-state index in [0.717, 1.165) is 4.74 Å². The summed E-state index contributed by atoms with van der Waals surface area (Å²) in [5.74, 6) is 0. The predicted molar refractivity (Wildman–Crippen MR) is 37.5 cm³/mol. The Balaban J connectivity index is 2.81. The van der Waals surface area contributed by atoms with Gasteiger partial charge in [0, 0.05) is 5.41 Å². The molecule has 0 fully saturated rings. The van der Waals surface area contributed by atoms with Crippen molar-refractivity contribution < 1.29 is 4.74 Å². The summed E-state index contributed by atoms with van der Waals surface area (Å²) in [6, 6.07) is 1.90. The highest BCUT2D eigenvalue weighted by atomic mass is 16.5. The van der Waals surface area contributed by atoms with Crippen LogP contribution in [0.4, 0.5) is 0 Å². The molecule has 0 bridgehead atoms. The quantitative estimate of drug-likeness (QED) is 0.368. The van der Waals surface area contributed by atoms with Crippen LogP contribution in [0.5, 0.6) is 0 Å². The Hall–Kier alpha value is -1.04. The van der Waals surface area contributed by atoms with E-state index < -0.39 is 0 Å². The van der Waals surface area contributed by atoms with Crippen LogP contribution in [-0.4, -0.2) is 17.0 Å². The van der Waals surface area contributed by atoms with Crippen LogP contribution in [0.1, 0.15) is 20.3 Å². The maximum atomic E-state index is 10.9. The molecule has 0 radical (unpaired) electrons. The third kappa shape index (κ3) is 1.10. The average molecular weight is 138 g/mol. The van der Waals surface area contributed by atoms with Gasteiger partial charge in [-0.2, -0.15) is 10.0 Å². The normalized spacial score (nSPS) is 22.9. The lowest BCUT2D eigenvalue weighted by molar-refractivity contribution is -0.459. The molecule has 1 heterocycles. The summed E-state index contributed by atoms with van der Waals surface area (Å²) < 4.78 is 0.792. The standard InChI is InChI=1S/C7H10N2O/c1-7(2)3-6(4-8)9(10)5-7/h3,5H2,1-2H3. The van der Waals surface area contributed by atoms with E-state index in [1.807, 2.05) is 19.9 Å². The smallest absolute Gasteiger partial charge is 0.265 e. The van der Waals surface area contributed by atoms with Gasteiger partial charge in [-0.3, -0.25) is 0 Å². The molecule has 1 rings (SSSR count). The Morgan fingerprint density at radius 2 is 2.30 bits per heavy atom. The molecule has 0 atom stereocenters. The van der Waals surface area contributed by atoms with Crippen LogP contribution in [0.25, 0.3) is 0 Å². The first-order valence-corrected chi connectivity index (χ1v) is 3.26. The largest absolute Gasteiger partial charge is 0.623 e. The van der Waals surface area contributed by atoms with Gasteiger partial charge in [0.1, 0.15) is 0 Å². The van der Waals surface area contributed by atoms with Gasteiger partial charge in [-0.15, -0.1) is 0 Å². The highest BCUT2D eigenvalue weighted by Crippen LogP contribution is 2.25. The minimum atomic E-state index is -0.00713. The maximum absolute atomic E-state index is 10.9. The number of hydrogen-bond acceptors (Lipinski definition) is 2. The molecule has 0 aromatic heterocycles. The second-order valence-electron chi connectivity index (χ2n) is 3.44. The monoisotopic (exact) mass is 138 g/mol. The zero-order chi connectivity index (χ0) is 7.78. The molecular formula is C7H10N2O. The minimum Gasteiger partial charge on any atom is -0.623 e. The van der Waals surface area contributed by atoms with Crippen molar-refractivity contribution in [3.05, 3.63) is 5.21 Å². The van der Waals surface area contributed by atoms with Gasteiger partial charge in [-0.25, -0.2) is 0 Å². The van der Waals surface area contributed by atoms with Crippen molar-refractivity contribution >= 4 is 5.71 Å². The van der Waals surface area contributed by atoms with Crippen molar-refractivity contribution in [3.8, 4) is 6.07 Å². The van der Waals surface area contributed by atoms with Crippen molar-refractivity contribution in [1.82, 2.24) is 0 Å². The van der Waals surface area contributed by atoms with E-state index in [0.29, 0.717) is 18.7 Å². The van der Waals surface area contributed by atoms with Crippen molar-refractivity contribution in [2.75, 3.05) is 6.54 Å². The first-order valence-electron chi connectivity index (χ1n) is 3.26. The lowest BCUT2D eigenvalue weighted by Crippen LogP contribution is -2.14. The van der Waals surface area contributed by atoms with Gasteiger partial charge < -0.3 is 5.21 Å². The average Bonchev–Trinajstić information content (AvgIpc) is 2.05. The number of nitrogens with zero attached hydrogens (tertiary/aromatic N) is 2. The number of rotatable bonds is 0. The van der Waals surface area contributed by atoms with Crippen LogP contribution < -0.4 is 0 Å². The van der Waals surface area contributed by atoms with E-state index in [-0.39, 0.29) is 5.41 Å². The molecule has 0 unspecified atom stereocenters. The molecule has 3 heteroatoms. The highest BCUT2D eigenvalue weighted by Gasteiger charge is 2.34. The minimum absolute atomic E-state index is 0.00713. The van der Waals surface area contributed by atoms with Crippen LogP contribution in [0.3, 0.4) is 0 Å². The Morgan fingerprint density at radius 1 is 1.70 bits per heavy atom. The van der Waals surface area contributed by atoms with Crippen LogP contribution >= 0.6 is 0 Å². The van der Waals surface area contributed by atoms with Crippen molar-refractivity contribution in [2.24, 2.45) is 5.41 Å². The second kappa shape index (κ2) is 1.98. The van der Waals surface area contributed by atoms with E-state index in [9.17, 15) is 5.21 Å². The summed E-state index contributed by atoms with van der Waals surface area (Å²) in [5.41, 5.74) is 0.359. The van der Waals surface area contributed by atoms with Gasteiger partial charge in [0.15, 0.2) is 12.6 Å². The van der Waals surface area contributed by atoms with Gasteiger partial charge in [0.25, 0.3) is 5.71 Å². The van der Waals surface area contributed by atoms with Crippen molar-refractivity contribution in [1.29, 1.82) is 5.26 Å². The molecule has 0 saturated heterocycles. The summed E-state index contributed by atoms with van der Waals surface area (Å²) in [4.78, 5) is 0. The second-order valence-corrected chi connectivity index (χ2v) is 3.44. The lowest BCUT2D eigenvalue weighted by atomic mass is 9.91. The fourth-order valence-electron chi connectivity index (χ4n) is 1.18. The van der Waals surface area contributed by atoms with Crippen LogP contribution in [0.15, 0.2) is 0 Å². The number of hydroxylamine groups is 1. The Labute approximate surface area is 60.2 Å². The van der Waals surface area contributed by atoms with E-state index >= 15 is 0 Å². The van der Waals surface area contributed by atoms with Crippen molar-refractivity contribution in [2.45, 2.75) is 20.3 Å². The van der Waals surface area contributed by atoms with Crippen LogP contribution in [0, 0.1) is 22.0 Å². The molecule has 0 aromatic rings. The molecule has 0 aromatic carbocycles. The molecule has 0 aliphatic carbocycles. The van der Waals surface area contributed by atoms with Gasteiger partial charge >= 0.3 is 0 Å². The van der Waals surface area contributed by atoms with Gasteiger partial charge in [0.2, 0.25) is 0 Å². The Kier molecular flexibility index (Phi) is 1.40. The highest BCUT2D eigenvalue weighted by molar-refractivity contribution is 5.95. The molecule has 3 nitrogen and oxygen atoms in total. The molecule has 0 N–H and O–H groups in total. The summed E-state index contributed by atoms with van der Waals surface area (Å²) >= 11 is 0. The number of nitriles is 1. The SMILES string of the molecule is CC1(C)CC(C#N)=[N+]([O-])C1. The number of hydrogen-bond donors (Lipinski definition) is 0. The van der Waals surface area contributed by atoms with E-state index in [2.05, 4.69) is 0 Å². The third-order valence-electron chi connectivity index (χ3n) is 1.65. The van der Waals surface area contributed by atoms with Crippen LogP contribution in [0.2, 0.25) is 0 Å². The van der Waals surface area contributed by atoms with Gasteiger partial charge in [-0.05, 0) is 0 Å². The zero-order valence-electron chi connectivity index (χ0n) is 6.22. The van der Waals surface area contributed by atoms with E-state index in [1.165, 1.54) is 0 Å². The van der Waals surface area contributed by atoms with Gasteiger partial charge in [-0.1, -0.05) is 13.8 Å². The van der Waals surface area contributed by atoms with Gasteiger partial charge in [0.05, 0.1) is 6.42 Å². The molecule has 0 spiro atoms. The lowest BCUT2D eigenvalue weighted by Gasteiger charge is -2.10. The summed E-state index contributed by atoms with van der Waals surface area (Å²) in [6.45, 7) is 4.43. The fraction of sp³-hybridized carbons (Fsp3) is 0.714. The summed E-state index contributed by atoms with van der Waals surface area (Å²) in [5, 5.41) is 19.3.